The minimum atomic E-state index is -1.50. The first-order valence-corrected chi connectivity index (χ1v) is 16.7. The number of hydrogen-bond donors (Lipinski definition) is 2. The van der Waals surface area contributed by atoms with Gasteiger partial charge in [-0.15, -0.1) is 11.3 Å². The molecule has 3 heterocycles. The number of benzene rings is 1. The number of carbonyl (C=O) groups excluding carboxylic acids is 1. The lowest BCUT2D eigenvalue weighted by Crippen LogP contribution is -2.56. The van der Waals surface area contributed by atoms with E-state index in [1.54, 1.807) is 32.4 Å². The first-order chi connectivity index (χ1) is 21.9. The molecule has 0 spiro atoms. The predicted octanol–water partition coefficient (Wildman–Crippen LogP) is 4.76. The Morgan fingerprint density at radius 2 is 1.87 bits per heavy atom. The predicted molar refractivity (Wildman–Crippen MR) is 175 cm³/mol. The Labute approximate surface area is 271 Å². The number of oxazole rings is 1. The van der Waals surface area contributed by atoms with Crippen LogP contribution in [0.5, 0.6) is 5.75 Å². The highest BCUT2D eigenvalue weighted by molar-refractivity contribution is 7.22. The number of amides is 1. The van der Waals surface area contributed by atoms with Gasteiger partial charge in [0.15, 0.2) is 0 Å². The monoisotopic (exact) mass is 650 g/mol. The summed E-state index contributed by atoms with van der Waals surface area (Å²) in [5, 5.41) is 13.4. The molecule has 5 atom stereocenters. The van der Waals surface area contributed by atoms with E-state index in [0.717, 1.165) is 35.8 Å². The van der Waals surface area contributed by atoms with Crippen molar-refractivity contribution in [2.75, 3.05) is 7.11 Å². The lowest BCUT2D eigenvalue weighted by Gasteiger charge is -2.29. The number of rotatable bonds is 10. The zero-order chi connectivity index (χ0) is 32.9. The SMILES string of the molecule is COc1ccccc1C(Cn1c(=O)n(C(C)(C)C(=O)NC(C)C)c(=O)c2c(C)c(-c3ncco3)sc21)OC1CC2CC(O)C[C@H]2C1. The van der Waals surface area contributed by atoms with Gasteiger partial charge in [-0.1, -0.05) is 18.2 Å². The number of aliphatic hydroxyl groups is 1. The summed E-state index contributed by atoms with van der Waals surface area (Å²) in [4.78, 5) is 47.7. The van der Waals surface area contributed by atoms with Gasteiger partial charge in [0.25, 0.3) is 5.56 Å². The topological polar surface area (TPSA) is 138 Å². The number of nitrogens with one attached hydrogen (secondary N) is 1. The molecular formula is C34H42N4O7S. The first kappa shape index (κ1) is 32.2. The van der Waals surface area contributed by atoms with Crippen molar-refractivity contribution in [2.45, 2.75) is 96.7 Å². The molecule has 4 aromatic rings. The van der Waals surface area contributed by atoms with E-state index in [0.29, 0.717) is 44.1 Å². The number of thiophene rings is 1. The molecule has 2 aliphatic carbocycles. The molecule has 1 aromatic carbocycles. The lowest BCUT2D eigenvalue weighted by atomic mass is 10.0. The molecule has 246 valence electrons. The number of aryl methyl sites for hydroxylation is 1. The van der Waals surface area contributed by atoms with Crippen molar-refractivity contribution in [3.8, 4) is 16.5 Å². The van der Waals surface area contributed by atoms with Gasteiger partial charge in [-0.2, -0.15) is 0 Å². The van der Waals surface area contributed by atoms with E-state index in [9.17, 15) is 19.5 Å². The van der Waals surface area contributed by atoms with Gasteiger partial charge in [-0.3, -0.25) is 14.2 Å². The molecule has 46 heavy (non-hydrogen) atoms. The van der Waals surface area contributed by atoms with Crippen LogP contribution in [0.4, 0.5) is 0 Å². The van der Waals surface area contributed by atoms with Crippen LogP contribution in [0.3, 0.4) is 0 Å². The molecule has 12 heteroatoms. The summed E-state index contributed by atoms with van der Waals surface area (Å²) in [6, 6.07) is 7.39. The maximum absolute atomic E-state index is 14.6. The van der Waals surface area contributed by atoms with Crippen LogP contribution in [0, 0.1) is 18.8 Å². The molecule has 6 rings (SSSR count). The van der Waals surface area contributed by atoms with E-state index in [4.69, 9.17) is 13.9 Å². The number of nitrogens with zero attached hydrogens (tertiary/aromatic N) is 3. The van der Waals surface area contributed by atoms with Gasteiger partial charge in [-0.25, -0.2) is 14.3 Å². The molecule has 11 nitrogen and oxygen atoms in total. The highest BCUT2D eigenvalue weighted by Gasteiger charge is 2.43. The number of methoxy groups -OCH3 is 1. The molecule has 0 bridgehead atoms. The number of fused-ring (bicyclic) bond motifs is 2. The molecule has 0 radical (unpaired) electrons. The van der Waals surface area contributed by atoms with Crippen molar-refractivity contribution in [2.24, 2.45) is 11.8 Å². The van der Waals surface area contributed by atoms with E-state index in [1.165, 1.54) is 23.8 Å². The molecule has 2 aliphatic rings. The van der Waals surface area contributed by atoms with E-state index >= 15 is 0 Å². The molecule has 2 fully saturated rings. The van der Waals surface area contributed by atoms with Crippen LogP contribution in [-0.2, 0) is 21.6 Å². The number of aliphatic hydroxyl groups excluding tert-OH is 1. The summed E-state index contributed by atoms with van der Waals surface area (Å²) in [5.41, 5.74) is -1.28. The van der Waals surface area contributed by atoms with E-state index in [2.05, 4.69) is 10.3 Å². The van der Waals surface area contributed by atoms with Gasteiger partial charge in [0.05, 0.1) is 42.3 Å². The van der Waals surface area contributed by atoms with Crippen molar-refractivity contribution >= 4 is 27.5 Å². The van der Waals surface area contributed by atoms with Crippen molar-refractivity contribution in [3.63, 3.8) is 0 Å². The molecule has 0 aliphatic heterocycles. The quantitative estimate of drug-likeness (QED) is 0.251. The van der Waals surface area contributed by atoms with Gasteiger partial charge in [0.1, 0.15) is 28.5 Å². The molecule has 4 unspecified atom stereocenters. The molecular weight excluding hydrogens is 608 g/mol. The van der Waals surface area contributed by atoms with Crippen LogP contribution in [0.15, 0.2) is 50.7 Å². The van der Waals surface area contributed by atoms with Crippen molar-refractivity contribution in [1.29, 1.82) is 0 Å². The summed E-state index contributed by atoms with van der Waals surface area (Å²) >= 11 is 1.26. The van der Waals surface area contributed by atoms with Crippen LogP contribution < -0.4 is 21.3 Å². The second kappa shape index (κ2) is 12.5. The van der Waals surface area contributed by atoms with Crippen LogP contribution in [0.1, 0.15) is 70.6 Å². The fraction of sp³-hybridized carbons (Fsp3) is 0.529. The number of carbonyl (C=O) groups is 1. The average Bonchev–Trinajstić information content (AvgIpc) is 3.78. The smallest absolute Gasteiger partial charge is 0.333 e. The fourth-order valence-corrected chi connectivity index (χ4v) is 8.51. The van der Waals surface area contributed by atoms with Crippen LogP contribution in [-0.4, -0.2) is 50.5 Å². The Balaban J connectivity index is 1.52. The number of ether oxygens (including phenoxy) is 2. The van der Waals surface area contributed by atoms with Crippen LogP contribution in [0.25, 0.3) is 21.0 Å². The molecule has 1 amide bonds. The van der Waals surface area contributed by atoms with Gasteiger partial charge in [-0.05, 0) is 83.8 Å². The molecule has 3 aromatic heterocycles. The van der Waals surface area contributed by atoms with Crippen LogP contribution >= 0.6 is 11.3 Å². The lowest BCUT2D eigenvalue weighted by molar-refractivity contribution is -0.129. The zero-order valence-electron chi connectivity index (χ0n) is 27.1. The van der Waals surface area contributed by atoms with Crippen molar-refractivity contribution in [1.82, 2.24) is 19.4 Å². The van der Waals surface area contributed by atoms with E-state index in [1.807, 2.05) is 38.1 Å². The Hall–Kier alpha value is -3.74. The maximum atomic E-state index is 14.6. The third-order valence-electron chi connectivity index (χ3n) is 9.51. The number of hydrogen-bond acceptors (Lipinski definition) is 9. The average molecular weight is 651 g/mol. The second-order valence-electron chi connectivity index (χ2n) is 13.4. The third kappa shape index (κ3) is 5.71. The van der Waals surface area contributed by atoms with E-state index < -0.39 is 28.8 Å². The Morgan fingerprint density at radius 3 is 2.50 bits per heavy atom. The largest absolute Gasteiger partial charge is 0.496 e. The van der Waals surface area contributed by atoms with Gasteiger partial charge in [0, 0.05) is 11.6 Å². The van der Waals surface area contributed by atoms with Crippen LogP contribution in [0.2, 0.25) is 0 Å². The normalized spacial score (nSPS) is 22.0. The van der Waals surface area contributed by atoms with Gasteiger partial charge < -0.3 is 24.3 Å². The summed E-state index contributed by atoms with van der Waals surface area (Å²) in [7, 11) is 1.60. The summed E-state index contributed by atoms with van der Waals surface area (Å²) in [6.45, 7) is 8.70. The number of para-hydroxylation sites is 1. The Bertz CT molecular complexity index is 1840. The third-order valence-corrected chi connectivity index (χ3v) is 10.8. The second-order valence-corrected chi connectivity index (χ2v) is 14.4. The number of aromatic nitrogens is 3. The standard InChI is InChI=1S/C34H42N4O7S/c1-18(2)36-32(41)34(4,5)38-30(40)27-19(3)28(29-35-11-12-44-29)46-31(27)37(33(38)42)17-26(24-9-7-8-10-25(24)43-6)45-23-15-20-13-22(39)14-21(20)16-23/h7-12,18,20-23,26,39H,13-17H2,1-6H3,(H,36,41)/t20-,21?,22?,23?,26?/m0/s1. The fourth-order valence-electron chi connectivity index (χ4n) is 7.27. The zero-order valence-corrected chi connectivity index (χ0v) is 27.9. The minimum absolute atomic E-state index is 0.0668. The van der Waals surface area contributed by atoms with Crippen molar-refractivity contribution in [3.05, 3.63) is 68.7 Å². The molecule has 2 saturated carbocycles. The Kier molecular flexibility index (Phi) is 8.73. The van der Waals surface area contributed by atoms with Gasteiger partial charge in [0.2, 0.25) is 11.8 Å². The molecule has 0 saturated heterocycles. The maximum Gasteiger partial charge on any atom is 0.333 e. The summed E-state index contributed by atoms with van der Waals surface area (Å²) < 4.78 is 20.8. The highest BCUT2D eigenvalue weighted by atomic mass is 32.1. The summed E-state index contributed by atoms with van der Waals surface area (Å²) in [5.74, 6) is 1.33. The summed E-state index contributed by atoms with van der Waals surface area (Å²) in [6.07, 6.45) is 5.26. The van der Waals surface area contributed by atoms with Gasteiger partial charge >= 0.3 is 5.69 Å². The minimum Gasteiger partial charge on any atom is -0.496 e. The molecule has 2 N–H and O–H groups in total. The highest BCUT2D eigenvalue weighted by Crippen LogP contribution is 2.47. The first-order valence-electron chi connectivity index (χ1n) is 15.9. The van der Waals surface area contributed by atoms with E-state index in [-0.39, 0.29) is 24.8 Å². The van der Waals surface area contributed by atoms with Crippen molar-refractivity contribution < 1.29 is 23.8 Å². The Morgan fingerprint density at radius 1 is 1.17 bits per heavy atom.